The van der Waals surface area contributed by atoms with Gasteiger partial charge in [-0.1, -0.05) is 5.16 Å². The highest BCUT2D eigenvalue weighted by Crippen LogP contribution is 2.22. The number of aryl methyl sites for hydroxylation is 1. The van der Waals surface area contributed by atoms with Crippen molar-refractivity contribution >= 4 is 0 Å². The van der Waals surface area contributed by atoms with E-state index in [2.05, 4.69) is 19.9 Å². The molecule has 0 spiro atoms. The van der Waals surface area contributed by atoms with E-state index in [-0.39, 0.29) is 0 Å². The maximum Gasteiger partial charge on any atom is 0.226 e. The van der Waals surface area contributed by atoms with E-state index in [1.165, 1.54) is 0 Å². The quantitative estimate of drug-likeness (QED) is 0.662. The molecule has 1 saturated heterocycles. The molecule has 4 rings (SSSR count). The third-order valence-corrected chi connectivity index (χ3v) is 4.80. The summed E-state index contributed by atoms with van der Waals surface area (Å²) in [5.41, 5.74) is 2.84. The Labute approximate surface area is 158 Å². The molecule has 0 aliphatic carbocycles. The minimum atomic E-state index is 0.645. The molecule has 1 aliphatic rings. The van der Waals surface area contributed by atoms with Gasteiger partial charge >= 0.3 is 0 Å². The van der Waals surface area contributed by atoms with Gasteiger partial charge in [0.1, 0.15) is 12.0 Å². The van der Waals surface area contributed by atoms with Gasteiger partial charge in [0.05, 0.1) is 25.0 Å². The lowest BCUT2D eigenvalue weighted by Gasteiger charge is -2.33. The fourth-order valence-corrected chi connectivity index (χ4v) is 3.29. The van der Waals surface area contributed by atoms with Crippen molar-refractivity contribution in [1.29, 1.82) is 0 Å². The summed E-state index contributed by atoms with van der Waals surface area (Å²) >= 11 is 0. The van der Waals surface area contributed by atoms with Gasteiger partial charge in [0.25, 0.3) is 0 Å². The molecule has 27 heavy (non-hydrogen) atoms. The van der Waals surface area contributed by atoms with Gasteiger partial charge in [0.2, 0.25) is 5.89 Å². The molecule has 1 aromatic carbocycles. The first-order valence-electron chi connectivity index (χ1n) is 9.15. The third-order valence-electron chi connectivity index (χ3n) is 4.80. The largest absolute Gasteiger partial charge is 0.497 e. The van der Waals surface area contributed by atoms with Gasteiger partial charge in [-0.25, -0.2) is 4.98 Å². The molecule has 0 unspecified atom stereocenters. The minimum Gasteiger partial charge on any atom is -0.497 e. The monoisotopic (exact) mass is 368 g/mol. The summed E-state index contributed by atoms with van der Waals surface area (Å²) < 4.78 is 16.2. The summed E-state index contributed by atoms with van der Waals surface area (Å²) in [4.78, 5) is 9.43. The molecule has 142 valence electrons. The second-order valence-corrected chi connectivity index (χ2v) is 6.86. The summed E-state index contributed by atoms with van der Waals surface area (Å²) in [5, 5.41) is 3.95. The Kier molecular flexibility index (Phi) is 5.22. The number of hydrogen-bond acceptors (Lipinski definition) is 7. The van der Waals surface area contributed by atoms with Crippen LogP contribution in [-0.4, -0.2) is 53.2 Å². The van der Waals surface area contributed by atoms with E-state index in [1.807, 2.05) is 37.3 Å². The standard InChI is InChI=1S/C20H24N4O3/c1-15-11-19(27-22-15)13-24-9-7-23(8-10-24)12-17-14-26-20(21-17)16-3-5-18(25-2)6-4-16/h3-6,11,14H,7-10,12-13H2,1-2H3. The lowest BCUT2D eigenvalue weighted by atomic mass is 10.2. The van der Waals surface area contributed by atoms with E-state index in [4.69, 9.17) is 13.7 Å². The summed E-state index contributed by atoms with van der Waals surface area (Å²) in [6.45, 7) is 7.57. The Hall–Kier alpha value is -2.64. The van der Waals surface area contributed by atoms with Crippen molar-refractivity contribution in [1.82, 2.24) is 19.9 Å². The van der Waals surface area contributed by atoms with Gasteiger partial charge in [-0.2, -0.15) is 0 Å². The number of aromatic nitrogens is 2. The van der Waals surface area contributed by atoms with Crippen LogP contribution in [0.2, 0.25) is 0 Å². The van der Waals surface area contributed by atoms with Crippen LogP contribution in [0.5, 0.6) is 5.75 Å². The smallest absolute Gasteiger partial charge is 0.226 e. The maximum absolute atomic E-state index is 5.66. The van der Waals surface area contributed by atoms with Crippen LogP contribution in [0.3, 0.4) is 0 Å². The predicted octanol–water partition coefficient (Wildman–Crippen LogP) is 2.96. The highest BCUT2D eigenvalue weighted by atomic mass is 16.5. The molecule has 0 radical (unpaired) electrons. The fourth-order valence-electron chi connectivity index (χ4n) is 3.29. The summed E-state index contributed by atoms with van der Waals surface area (Å²) in [6.07, 6.45) is 1.75. The number of piperazine rings is 1. The Morgan fingerprint density at radius 2 is 1.74 bits per heavy atom. The predicted molar refractivity (Wildman–Crippen MR) is 100 cm³/mol. The number of hydrogen-bond donors (Lipinski definition) is 0. The van der Waals surface area contributed by atoms with E-state index in [1.54, 1.807) is 13.4 Å². The molecular weight excluding hydrogens is 344 g/mol. The fraction of sp³-hybridized carbons (Fsp3) is 0.400. The molecule has 0 saturated carbocycles. The molecular formula is C20H24N4O3. The summed E-state index contributed by atoms with van der Waals surface area (Å²) in [5.74, 6) is 2.40. The highest BCUT2D eigenvalue weighted by Gasteiger charge is 2.19. The van der Waals surface area contributed by atoms with Crippen LogP contribution >= 0.6 is 0 Å². The molecule has 3 aromatic rings. The SMILES string of the molecule is COc1ccc(-c2nc(CN3CCN(Cc4cc(C)no4)CC3)co2)cc1. The van der Waals surface area contributed by atoms with Crippen molar-refractivity contribution < 1.29 is 13.7 Å². The van der Waals surface area contributed by atoms with Crippen LogP contribution in [0.25, 0.3) is 11.5 Å². The van der Waals surface area contributed by atoms with Crippen molar-refractivity contribution in [2.24, 2.45) is 0 Å². The number of ether oxygens (including phenoxy) is 1. The van der Waals surface area contributed by atoms with Gasteiger partial charge in [0, 0.05) is 44.4 Å². The molecule has 0 atom stereocenters. The Morgan fingerprint density at radius 1 is 1.04 bits per heavy atom. The minimum absolute atomic E-state index is 0.645. The zero-order valence-electron chi connectivity index (χ0n) is 15.7. The van der Waals surface area contributed by atoms with Gasteiger partial charge in [0.15, 0.2) is 5.76 Å². The van der Waals surface area contributed by atoms with Gasteiger partial charge in [-0.05, 0) is 31.2 Å². The van der Waals surface area contributed by atoms with E-state index < -0.39 is 0 Å². The number of methoxy groups -OCH3 is 1. The average Bonchev–Trinajstić information content (AvgIpc) is 3.32. The Morgan fingerprint density at radius 3 is 2.37 bits per heavy atom. The lowest BCUT2D eigenvalue weighted by molar-refractivity contribution is 0.113. The zero-order valence-corrected chi connectivity index (χ0v) is 15.7. The van der Waals surface area contributed by atoms with Crippen molar-refractivity contribution in [3.05, 3.63) is 53.7 Å². The Balaban J connectivity index is 1.29. The van der Waals surface area contributed by atoms with E-state index in [0.29, 0.717) is 5.89 Å². The first-order chi connectivity index (χ1) is 13.2. The number of nitrogens with zero attached hydrogens (tertiary/aromatic N) is 4. The van der Waals surface area contributed by atoms with Crippen LogP contribution in [0.15, 0.2) is 45.5 Å². The first-order valence-corrected chi connectivity index (χ1v) is 9.15. The van der Waals surface area contributed by atoms with Crippen LogP contribution in [0.4, 0.5) is 0 Å². The number of rotatable bonds is 6. The molecule has 2 aromatic heterocycles. The van der Waals surface area contributed by atoms with Crippen LogP contribution in [-0.2, 0) is 13.1 Å². The van der Waals surface area contributed by atoms with Crippen LogP contribution < -0.4 is 4.74 Å². The normalized spacial score (nSPS) is 15.9. The van der Waals surface area contributed by atoms with Gasteiger partial charge < -0.3 is 13.7 Å². The molecule has 0 N–H and O–H groups in total. The summed E-state index contributed by atoms with van der Waals surface area (Å²) in [7, 11) is 1.66. The molecule has 0 amide bonds. The molecule has 7 heteroatoms. The molecule has 1 fully saturated rings. The van der Waals surface area contributed by atoms with E-state index in [0.717, 1.165) is 67.7 Å². The van der Waals surface area contributed by atoms with Gasteiger partial charge in [-0.3, -0.25) is 9.80 Å². The molecule has 0 bridgehead atoms. The van der Waals surface area contributed by atoms with Crippen LogP contribution in [0.1, 0.15) is 17.1 Å². The lowest BCUT2D eigenvalue weighted by Crippen LogP contribution is -2.45. The van der Waals surface area contributed by atoms with Crippen molar-refractivity contribution in [2.75, 3.05) is 33.3 Å². The third kappa shape index (κ3) is 4.37. The first kappa shape index (κ1) is 17.8. The van der Waals surface area contributed by atoms with Crippen molar-refractivity contribution in [3.8, 4) is 17.2 Å². The van der Waals surface area contributed by atoms with E-state index >= 15 is 0 Å². The van der Waals surface area contributed by atoms with Gasteiger partial charge in [-0.15, -0.1) is 0 Å². The average molecular weight is 368 g/mol. The van der Waals surface area contributed by atoms with Crippen molar-refractivity contribution in [2.45, 2.75) is 20.0 Å². The summed E-state index contributed by atoms with van der Waals surface area (Å²) in [6, 6.07) is 9.74. The second kappa shape index (κ2) is 7.94. The molecule has 3 heterocycles. The Bertz CT molecular complexity index is 863. The topological polar surface area (TPSA) is 67.8 Å². The van der Waals surface area contributed by atoms with Crippen LogP contribution in [0, 0.1) is 6.92 Å². The highest BCUT2D eigenvalue weighted by molar-refractivity contribution is 5.54. The molecule has 1 aliphatic heterocycles. The second-order valence-electron chi connectivity index (χ2n) is 6.86. The number of oxazole rings is 1. The van der Waals surface area contributed by atoms with Crippen molar-refractivity contribution in [3.63, 3.8) is 0 Å². The maximum atomic E-state index is 5.66. The zero-order chi connectivity index (χ0) is 18.6. The molecule has 7 nitrogen and oxygen atoms in total. The number of benzene rings is 1. The van der Waals surface area contributed by atoms with E-state index in [9.17, 15) is 0 Å².